The Morgan fingerprint density at radius 3 is 3.00 bits per heavy atom. The average Bonchev–Trinajstić information content (AvgIpc) is 3.60. The van der Waals surface area contributed by atoms with Gasteiger partial charge < -0.3 is 10.1 Å². The molecule has 1 aliphatic carbocycles. The second-order valence-corrected chi connectivity index (χ2v) is 9.21. The summed E-state index contributed by atoms with van der Waals surface area (Å²) in [5, 5.41) is 6.66. The minimum atomic E-state index is -0.309. The van der Waals surface area contributed by atoms with E-state index in [9.17, 15) is 4.79 Å². The number of anilines is 2. The maximum Gasteiger partial charge on any atom is 0.259 e. The molecule has 4 aromatic rings. The highest BCUT2D eigenvalue weighted by molar-refractivity contribution is 7.21. The van der Waals surface area contributed by atoms with Crippen molar-refractivity contribution in [2.45, 2.75) is 19.8 Å². The smallest absolute Gasteiger partial charge is 0.259 e. The topological polar surface area (TPSA) is 102 Å². The summed E-state index contributed by atoms with van der Waals surface area (Å²) >= 11 is 1.27. The van der Waals surface area contributed by atoms with E-state index >= 15 is 0 Å². The number of hydrogen-bond donors (Lipinski definition) is 2. The maximum atomic E-state index is 13.3. The predicted molar refractivity (Wildman–Crippen MR) is 131 cm³/mol. The molecular formula is C25H20N6O2S. The molecule has 0 radical (unpaired) electrons. The van der Waals surface area contributed by atoms with E-state index in [1.165, 1.54) is 11.3 Å². The summed E-state index contributed by atoms with van der Waals surface area (Å²) in [6, 6.07) is 7.76. The Balaban J connectivity index is 1.32. The number of nitrogens with one attached hydrogen (secondary N) is 2. The summed E-state index contributed by atoms with van der Waals surface area (Å²) in [5.74, 6) is 7.18. The van der Waals surface area contributed by atoms with E-state index in [-0.39, 0.29) is 5.91 Å². The first-order valence-corrected chi connectivity index (χ1v) is 11.9. The van der Waals surface area contributed by atoms with Crippen LogP contribution < -0.4 is 15.4 Å². The van der Waals surface area contributed by atoms with E-state index in [2.05, 4.69) is 42.4 Å². The van der Waals surface area contributed by atoms with E-state index in [0.29, 0.717) is 39.4 Å². The Hall–Kier alpha value is -4.03. The third-order valence-electron chi connectivity index (χ3n) is 5.58. The number of rotatable bonds is 3. The van der Waals surface area contributed by atoms with E-state index in [0.717, 1.165) is 47.6 Å². The molecule has 0 unspecified atom stereocenters. The van der Waals surface area contributed by atoms with Gasteiger partial charge in [0.05, 0.1) is 17.4 Å². The summed E-state index contributed by atoms with van der Waals surface area (Å²) in [5.41, 5.74) is 4.84. The summed E-state index contributed by atoms with van der Waals surface area (Å²) in [6.45, 7) is 3.20. The van der Waals surface area contributed by atoms with Crippen molar-refractivity contribution in [3.05, 3.63) is 53.6 Å². The van der Waals surface area contributed by atoms with Crippen molar-refractivity contribution < 1.29 is 9.53 Å². The lowest BCUT2D eigenvalue weighted by molar-refractivity contribution is 0.102. The quantitative estimate of drug-likeness (QED) is 0.433. The van der Waals surface area contributed by atoms with Gasteiger partial charge in [0, 0.05) is 35.5 Å². The number of carbonyl (C=O) groups excluding carboxylic acids is 1. The molecule has 9 heteroatoms. The Kier molecular flexibility index (Phi) is 5.08. The normalized spacial score (nSPS) is 14.4. The number of amides is 1. The molecule has 2 N–H and O–H groups in total. The first-order valence-electron chi connectivity index (χ1n) is 11.1. The number of pyridine rings is 1. The minimum absolute atomic E-state index is 0.309. The van der Waals surface area contributed by atoms with Gasteiger partial charge in [-0.15, -0.1) is 0 Å². The summed E-state index contributed by atoms with van der Waals surface area (Å²) < 4.78 is 5.94. The van der Waals surface area contributed by atoms with Crippen LogP contribution in [0.2, 0.25) is 0 Å². The second kappa shape index (κ2) is 8.39. The van der Waals surface area contributed by atoms with Crippen molar-refractivity contribution in [2.75, 3.05) is 23.8 Å². The van der Waals surface area contributed by atoms with Gasteiger partial charge in [-0.1, -0.05) is 29.4 Å². The minimum Gasteiger partial charge on any atom is -0.489 e. The number of nitrogens with zero attached hydrogens (tertiary/aromatic N) is 4. The van der Waals surface area contributed by atoms with Crippen LogP contribution >= 0.6 is 11.3 Å². The summed E-state index contributed by atoms with van der Waals surface area (Å²) in [4.78, 5) is 31.6. The molecule has 0 saturated heterocycles. The van der Waals surface area contributed by atoms with Crippen LogP contribution in [0, 0.1) is 24.7 Å². The van der Waals surface area contributed by atoms with Gasteiger partial charge in [0.25, 0.3) is 5.91 Å². The molecular weight excluding hydrogens is 448 g/mol. The van der Waals surface area contributed by atoms with Crippen LogP contribution in [0.25, 0.3) is 21.6 Å². The number of thiazole rings is 1. The Labute approximate surface area is 199 Å². The molecule has 0 bridgehead atoms. The zero-order valence-corrected chi connectivity index (χ0v) is 19.2. The van der Waals surface area contributed by atoms with Gasteiger partial charge in [-0.05, 0) is 37.8 Å². The van der Waals surface area contributed by atoms with Crippen LogP contribution in [0.15, 0.2) is 36.7 Å². The van der Waals surface area contributed by atoms with Crippen molar-refractivity contribution in [1.82, 2.24) is 19.9 Å². The second-order valence-electron chi connectivity index (χ2n) is 8.23. The maximum absolute atomic E-state index is 13.3. The van der Waals surface area contributed by atoms with Gasteiger partial charge in [-0.2, -0.15) is 4.98 Å². The number of fused-ring (bicyclic) bond motifs is 2. The highest BCUT2D eigenvalue weighted by atomic mass is 32.1. The molecule has 0 spiro atoms. The van der Waals surface area contributed by atoms with Crippen LogP contribution in [0.5, 0.6) is 5.75 Å². The SMILES string of the molecule is Cc1cc(-c2cccc3c2OCCN3)c(C(=O)Nc2nc3ncc(C#CC4CC4)nc3s2)cn1. The summed E-state index contributed by atoms with van der Waals surface area (Å²) in [6.07, 6.45) is 5.52. The third kappa shape index (κ3) is 4.04. The Morgan fingerprint density at radius 1 is 1.21 bits per heavy atom. The number of aromatic nitrogens is 4. The van der Waals surface area contributed by atoms with Crippen molar-refractivity contribution in [1.29, 1.82) is 0 Å². The molecule has 1 amide bonds. The largest absolute Gasteiger partial charge is 0.489 e. The lowest BCUT2D eigenvalue weighted by Gasteiger charge is -2.22. The fraction of sp³-hybridized carbons (Fsp3) is 0.240. The Bertz CT molecular complexity index is 1500. The molecule has 3 aromatic heterocycles. The molecule has 6 rings (SSSR count). The van der Waals surface area contributed by atoms with Gasteiger partial charge in [0.2, 0.25) is 0 Å². The molecule has 1 aliphatic heterocycles. The van der Waals surface area contributed by atoms with Gasteiger partial charge in [-0.25, -0.2) is 9.97 Å². The fourth-order valence-corrected chi connectivity index (χ4v) is 4.54. The molecule has 2 aliphatic rings. The summed E-state index contributed by atoms with van der Waals surface area (Å²) in [7, 11) is 0. The van der Waals surface area contributed by atoms with Crippen LogP contribution in [0.1, 0.15) is 34.6 Å². The first-order chi connectivity index (χ1) is 16.6. The highest BCUT2D eigenvalue weighted by Gasteiger charge is 2.22. The average molecular weight is 469 g/mol. The number of ether oxygens (including phenoxy) is 1. The van der Waals surface area contributed by atoms with Gasteiger partial charge >= 0.3 is 0 Å². The lowest BCUT2D eigenvalue weighted by Crippen LogP contribution is -2.19. The number of benzene rings is 1. The molecule has 8 nitrogen and oxygen atoms in total. The number of aryl methyl sites for hydroxylation is 1. The van der Waals surface area contributed by atoms with E-state index in [1.54, 1.807) is 12.4 Å². The van der Waals surface area contributed by atoms with Gasteiger partial charge in [0.1, 0.15) is 18.1 Å². The molecule has 168 valence electrons. The molecule has 34 heavy (non-hydrogen) atoms. The number of hydrogen-bond acceptors (Lipinski definition) is 8. The van der Waals surface area contributed by atoms with Crippen LogP contribution in [-0.2, 0) is 0 Å². The highest BCUT2D eigenvalue weighted by Crippen LogP contribution is 2.39. The lowest BCUT2D eigenvalue weighted by atomic mass is 9.98. The zero-order chi connectivity index (χ0) is 23.1. The number of carbonyl (C=O) groups is 1. The predicted octanol–water partition coefficient (Wildman–Crippen LogP) is 4.27. The zero-order valence-electron chi connectivity index (χ0n) is 18.4. The number of para-hydroxylation sites is 1. The molecule has 0 atom stereocenters. The van der Waals surface area contributed by atoms with Crippen LogP contribution in [0.3, 0.4) is 0 Å². The third-order valence-corrected chi connectivity index (χ3v) is 6.43. The van der Waals surface area contributed by atoms with E-state index in [4.69, 9.17) is 4.74 Å². The fourth-order valence-electron chi connectivity index (χ4n) is 3.75. The van der Waals surface area contributed by atoms with Gasteiger partial charge in [-0.3, -0.25) is 15.1 Å². The molecule has 1 saturated carbocycles. The van der Waals surface area contributed by atoms with E-state index in [1.807, 2.05) is 31.2 Å². The molecule has 1 aromatic carbocycles. The molecule has 4 heterocycles. The van der Waals surface area contributed by atoms with Crippen LogP contribution in [-0.4, -0.2) is 39.0 Å². The van der Waals surface area contributed by atoms with Crippen molar-refractivity contribution >= 4 is 38.5 Å². The Morgan fingerprint density at radius 2 is 2.12 bits per heavy atom. The van der Waals surface area contributed by atoms with Crippen molar-refractivity contribution in [3.8, 4) is 28.7 Å². The van der Waals surface area contributed by atoms with Crippen molar-refractivity contribution in [3.63, 3.8) is 0 Å². The monoisotopic (exact) mass is 468 g/mol. The molecule has 1 fully saturated rings. The van der Waals surface area contributed by atoms with Crippen molar-refractivity contribution in [2.24, 2.45) is 5.92 Å². The van der Waals surface area contributed by atoms with Crippen LogP contribution in [0.4, 0.5) is 10.8 Å². The standard InChI is InChI=1S/C25H20N6O2S/c1-14-11-18(17-3-2-4-20-21(17)33-10-9-26-20)19(13-27-14)23(32)31-25-30-22-24(34-25)29-16(12-28-22)8-7-15-5-6-15/h2-4,11-13,15,26H,5-6,9-10H2,1H3,(H,28,30,31,32). The first kappa shape index (κ1) is 20.6. The van der Waals surface area contributed by atoms with Gasteiger partial charge in [0.15, 0.2) is 15.6 Å². The van der Waals surface area contributed by atoms with E-state index < -0.39 is 0 Å².